The molecule has 0 spiro atoms. The summed E-state index contributed by atoms with van der Waals surface area (Å²) in [5.41, 5.74) is 3.84. The number of rotatable bonds is 7. The number of aryl methyl sites for hydroxylation is 1. The first kappa shape index (κ1) is 19.6. The summed E-state index contributed by atoms with van der Waals surface area (Å²) in [4.78, 5) is 16.9. The monoisotopic (exact) mass is 391 g/mol. The summed E-state index contributed by atoms with van der Waals surface area (Å²) >= 11 is 1.61. The van der Waals surface area contributed by atoms with Crippen LogP contribution in [0.4, 0.5) is 0 Å². The number of aromatic nitrogens is 1. The molecular weight excluding hydrogens is 370 g/mol. The van der Waals surface area contributed by atoms with Crippen molar-refractivity contribution in [1.82, 2.24) is 10.3 Å². The first-order chi connectivity index (χ1) is 13.5. The van der Waals surface area contributed by atoms with Crippen molar-refractivity contribution in [3.8, 4) is 22.4 Å². The number of carbonyl (C=O) groups is 1. The van der Waals surface area contributed by atoms with Crippen molar-refractivity contribution < 1.29 is 9.53 Å². The van der Waals surface area contributed by atoms with E-state index in [1.54, 1.807) is 42.5 Å². The van der Waals surface area contributed by atoms with Gasteiger partial charge in [0.1, 0.15) is 10.8 Å². The number of amides is 1. The Bertz CT molecular complexity index is 972. The van der Waals surface area contributed by atoms with Gasteiger partial charge in [0.25, 0.3) is 5.91 Å². The van der Waals surface area contributed by atoms with Crippen molar-refractivity contribution in [2.45, 2.75) is 26.4 Å². The summed E-state index contributed by atoms with van der Waals surface area (Å²) in [5, 5.41) is 14.7. The van der Waals surface area contributed by atoms with Gasteiger partial charge in [-0.1, -0.05) is 29.8 Å². The fraction of sp³-hybridized carbons (Fsp3) is 0.227. The van der Waals surface area contributed by atoms with Crippen LogP contribution in [0.15, 0.2) is 53.9 Å². The van der Waals surface area contributed by atoms with E-state index in [4.69, 9.17) is 10.00 Å². The van der Waals surface area contributed by atoms with E-state index < -0.39 is 6.10 Å². The molecule has 0 saturated carbocycles. The highest BCUT2D eigenvalue weighted by molar-refractivity contribution is 7.13. The van der Waals surface area contributed by atoms with Crippen LogP contribution in [0.1, 0.15) is 23.7 Å². The van der Waals surface area contributed by atoms with Crippen LogP contribution in [-0.4, -0.2) is 23.5 Å². The van der Waals surface area contributed by atoms with Crippen LogP contribution in [0.2, 0.25) is 0 Å². The van der Waals surface area contributed by atoms with Gasteiger partial charge >= 0.3 is 0 Å². The zero-order valence-electron chi connectivity index (χ0n) is 15.8. The van der Waals surface area contributed by atoms with Gasteiger partial charge in [0.15, 0.2) is 6.10 Å². The van der Waals surface area contributed by atoms with E-state index in [0.29, 0.717) is 24.3 Å². The Morgan fingerprint density at radius 3 is 2.61 bits per heavy atom. The minimum absolute atomic E-state index is 0.182. The fourth-order valence-corrected chi connectivity index (χ4v) is 3.43. The van der Waals surface area contributed by atoms with Crippen molar-refractivity contribution >= 4 is 17.2 Å². The van der Waals surface area contributed by atoms with Crippen LogP contribution in [0, 0.1) is 18.3 Å². The van der Waals surface area contributed by atoms with Gasteiger partial charge in [-0.3, -0.25) is 4.79 Å². The van der Waals surface area contributed by atoms with E-state index >= 15 is 0 Å². The maximum absolute atomic E-state index is 12.2. The van der Waals surface area contributed by atoms with Gasteiger partial charge in [-0.15, -0.1) is 11.3 Å². The Morgan fingerprint density at radius 1 is 1.21 bits per heavy atom. The maximum Gasteiger partial charge on any atom is 0.260 e. The van der Waals surface area contributed by atoms with Crippen molar-refractivity contribution in [3.63, 3.8) is 0 Å². The summed E-state index contributed by atoms with van der Waals surface area (Å²) in [6.45, 7) is 4.26. The van der Waals surface area contributed by atoms with E-state index in [1.165, 1.54) is 5.56 Å². The molecule has 1 aromatic heterocycles. The first-order valence-corrected chi connectivity index (χ1v) is 9.89. The van der Waals surface area contributed by atoms with Gasteiger partial charge in [-0.05, 0) is 38.1 Å². The molecule has 1 unspecified atom stereocenters. The zero-order chi connectivity index (χ0) is 19.9. The molecule has 2 aromatic carbocycles. The Kier molecular flexibility index (Phi) is 6.41. The summed E-state index contributed by atoms with van der Waals surface area (Å²) in [6, 6.07) is 17.0. The molecule has 0 aliphatic carbocycles. The molecule has 1 N–H and O–H groups in total. The lowest BCUT2D eigenvalue weighted by Crippen LogP contribution is -2.37. The summed E-state index contributed by atoms with van der Waals surface area (Å²) in [6.07, 6.45) is 0.0454. The summed E-state index contributed by atoms with van der Waals surface area (Å²) in [5.74, 6) is 0.377. The molecule has 0 saturated heterocycles. The lowest BCUT2D eigenvalue weighted by molar-refractivity contribution is -0.127. The second-order valence-electron chi connectivity index (χ2n) is 6.45. The van der Waals surface area contributed by atoms with Crippen molar-refractivity contribution in [3.05, 3.63) is 70.7 Å². The summed E-state index contributed by atoms with van der Waals surface area (Å²) in [7, 11) is 0. The van der Waals surface area contributed by atoms with Crippen LogP contribution in [0.25, 0.3) is 10.6 Å². The first-order valence-electron chi connectivity index (χ1n) is 9.01. The number of benzene rings is 2. The SMILES string of the molecule is Cc1ccc(-c2nc(CCNC(=O)C(C)Oc3ccc(C#N)cc3)cs2)cc1. The lowest BCUT2D eigenvalue weighted by atomic mass is 10.2. The van der Waals surface area contributed by atoms with Crippen molar-refractivity contribution in [2.24, 2.45) is 0 Å². The lowest BCUT2D eigenvalue weighted by Gasteiger charge is -2.14. The number of hydrogen-bond donors (Lipinski definition) is 1. The van der Waals surface area contributed by atoms with Gasteiger partial charge in [0.05, 0.1) is 17.3 Å². The number of nitriles is 1. The number of thiazole rings is 1. The molecule has 142 valence electrons. The topological polar surface area (TPSA) is 75.0 Å². The molecule has 5 nitrogen and oxygen atoms in total. The van der Waals surface area contributed by atoms with E-state index in [0.717, 1.165) is 16.3 Å². The van der Waals surface area contributed by atoms with Gasteiger partial charge in [-0.2, -0.15) is 5.26 Å². The highest BCUT2D eigenvalue weighted by Gasteiger charge is 2.14. The molecule has 1 atom stereocenters. The maximum atomic E-state index is 12.2. The molecule has 0 bridgehead atoms. The molecule has 3 aromatic rings. The number of nitrogens with one attached hydrogen (secondary N) is 1. The van der Waals surface area contributed by atoms with Crippen LogP contribution >= 0.6 is 11.3 Å². The minimum atomic E-state index is -0.619. The highest BCUT2D eigenvalue weighted by atomic mass is 32.1. The Balaban J connectivity index is 1.47. The average Bonchev–Trinajstić information content (AvgIpc) is 3.18. The van der Waals surface area contributed by atoms with Crippen LogP contribution in [0.5, 0.6) is 5.75 Å². The Hall–Kier alpha value is -3.17. The van der Waals surface area contributed by atoms with Crippen LogP contribution in [-0.2, 0) is 11.2 Å². The quantitative estimate of drug-likeness (QED) is 0.657. The fourth-order valence-electron chi connectivity index (χ4n) is 2.57. The van der Waals surface area contributed by atoms with Gasteiger partial charge in [0, 0.05) is 23.9 Å². The molecule has 3 rings (SSSR count). The molecule has 0 radical (unpaired) electrons. The second-order valence-corrected chi connectivity index (χ2v) is 7.31. The Labute approximate surface area is 168 Å². The number of nitrogens with zero attached hydrogens (tertiary/aromatic N) is 2. The minimum Gasteiger partial charge on any atom is -0.481 e. The molecule has 0 fully saturated rings. The molecule has 1 amide bonds. The number of ether oxygens (including phenoxy) is 1. The van der Waals surface area contributed by atoms with Crippen molar-refractivity contribution in [1.29, 1.82) is 5.26 Å². The van der Waals surface area contributed by atoms with E-state index in [1.807, 2.05) is 11.4 Å². The standard InChI is InChI=1S/C22H21N3O2S/c1-15-3-7-18(8-4-15)22-25-19(14-28-22)11-12-24-21(26)16(2)27-20-9-5-17(13-23)6-10-20/h3-10,14,16H,11-12H2,1-2H3,(H,24,26). The molecule has 6 heteroatoms. The third-order valence-corrected chi connectivity index (χ3v) is 5.14. The van der Waals surface area contributed by atoms with Crippen LogP contribution < -0.4 is 10.1 Å². The van der Waals surface area contributed by atoms with Gasteiger partial charge < -0.3 is 10.1 Å². The van der Waals surface area contributed by atoms with E-state index in [9.17, 15) is 4.79 Å². The highest BCUT2D eigenvalue weighted by Crippen LogP contribution is 2.24. The van der Waals surface area contributed by atoms with Crippen molar-refractivity contribution in [2.75, 3.05) is 6.54 Å². The third kappa shape index (κ3) is 5.18. The zero-order valence-corrected chi connectivity index (χ0v) is 16.6. The molecule has 28 heavy (non-hydrogen) atoms. The van der Waals surface area contributed by atoms with Gasteiger partial charge in [0.2, 0.25) is 0 Å². The smallest absolute Gasteiger partial charge is 0.260 e. The second kappa shape index (κ2) is 9.16. The number of hydrogen-bond acceptors (Lipinski definition) is 5. The summed E-state index contributed by atoms with van der Waals surface area (Å²) < 4.78 is 5.61. The number of carbonyl (C=O) groups excluding carboxylic acids is 1. The molecule has 0 aliphatic rings. The molecular formula is C22H21N3O2S. The molecule has 1 heterocycles. The average molecular weight is 391 g/mol. The predicted molar refractivity (Wildman–Crippen MR) is 110 cm³/mol. The predicted octanol–water partition coefficient (Wildman–Crippen LogP) is 4.12. The molecule has 0 aliphatic heterocycles. The third-order valence-electron chi connectivity index (χ3n) is 4.20. The van der Waals surface area contributed by atoms with E-state index in [-0.39, 0.29) is 5.91 Å². The van der Waals surface area contributed by atoms with Gasteiger partial charge in [-0.25, -0.2) is 4.98 Å². The van der Waals surface area contributed by atoms with E-state index in [2.05, 4.69) is 41.5 Å². The van der Waals surface area contributed by atoms with Crippen LogP contribution in [0.3, 0.4) is 0 Å². The Morgan fingerprint density at radius 2 is 1.93 bits per heavy atom. The normalized spacial score (nSPS) is 11.5. The largest absolute Gasteiger partial charge is 0.481 e.